The average molecular weight is 228 g/mol. The Bertz CT molecular complexity index is 479. The second kappa shape index (κ2) is 5.86. The van der Waals surface area contributed by atoms with Crippen molar-refractivity contribution in [1.82, 2.24) is 10.2 Å². The summed E-state index contributed by atoms with van der Waals surface area (Å²) in [7, 11) is 1.82. The number of aryl methyl sites for hydroxylation is 1. The molecule has 1 rings (SSSR count). The van der Waals surface area contributed by atoms with Gasteiger partial charge in [-0.1, -0.05) is 19.8 Å². The molecule has 0 N–H and O–H groups in total. The van der Waals surface area contributed by atoms with Gasteiger partial charge in [0.2, 0.25) is 0 Å². The van der Waals surface area contributed by atoms with Gasteiger partial charge in [0, 0.05) is 7.05 Å². The Morgan fingerprint density at radius 2 is 2.00 bits per heavy atom. The number of terminal acetylenes is 1. The van der Waals surface area contributed by atoms with Crippen molar-refractivity contribution in [3.63, 3.8) is 0 Å². The summed E-state index contributed by atoms with van der Waals surface area (Å²) in [5.41, 5.74) is 2.46. The van der Waals surface area contributed by atoms with Crippen LogP contribution in [0.25, 0.3) is 0 Å². The predicted molar refractivity (Wildman–Crippen MR) is 67.6 cm³/mol. The zero-order valence-electron chi connectivity index (χ0n) is 10.5. The van der Waals surface area contributed by atoms with E-state index in [-0.39, 0.29) is 0 Å². The molecule has 4 heteroatoms. The summed E-state index contributed by atoms with van der Waals surface area (Å²) in [5, 5.41) is 17.5. The fraction of sp³-hybridized carbons (Fsp3) is 0.462. The second-order valence-corrected chi connectivity index (χ2v) is 3.70. The summed E-state index contributed by atoms with van der Waals surface area (Å²) in [4.78, 5) is 1.77. The Hall–Kier alpha value is -2.07. The maximum atomic E-state index is 9.27. The fourth-order valence-corrected chi connectivity index (χ4v) is 1.76. The van der Waals surface area contributed by atoms with Crippen molar-refractivity contribution in [2.45, 2.75) is 26.7 Å². The lowest BCUT2D eigenvalue weighted by atomic mass is 10.0. The van der Waals surface area contributed by atoms with Gasteiger partial charge in [0.25, 0.3) is 0 Å². The first-order chi connectivity index (χ1) is 8.19. The van der Waals surface area contributed by atoms with Gasteiger partial charge in [-0.05, 0) is 18.4 Å². The molecule has 0 amide bonds. The molecule has 0 unspecified atom stereocenters. The molecule has 0 bridgehead atoms. The molecule has 17 heavy (non-hydrogen) atoms. The fourth-order valence-electron chi connectivity index (χ4n) is 1.76. The molecule has 0 aliphatic carbocycles. The normalized spacial score (nSPS) is 9.47. The van der Waals surface area contributed by atoms with Gasteiger partial charge in [-0.15, -0.1) is 11.5 Å². The molecule has 0 saturated carbocycles. The van der Waals surface area contributed by atoms with Crippen molar-refractivity contribution in [3.05, 3.63) is 16.8 Å². The molecule has 1 aromatic heterocycles. The Kier molecular flexibility index (Phi) is 4.48. The van der Waals surface area contributed by atoms with Gasteiger partial charge in [-0.2, -0.15) is 10.4 Å². The first kappa shape index (κ1) is 13.0. The monoisotopic (exact) mass is 228 g/mol. The second-order valence-electron chi connectivity index (χ2n) is 3.70. The summed E-state index contributed by atoms with van der Waals surface area (Å²) in [6, 6.07) is 2.22. The van der Waals surface area contributed by atoms with Crippen LogP contribution in [0.2, 0.25) is 0 Å². The molecular formula is C13H16N4. The lowest BCUT2D eigenvalue weighted by Gasteiger charge is -2.18. The highest BCUT2D eigenvalue weighted by molar-refractivity contribution is 5.58. The highest BCUT2D eigenvalue weighted by Gasteiger charge is 2.16. The highest BCUT2D eigenvalue weighted by atomic mass is 15.2. The van der Waals surface area contributed by atoms with Crippen LogP contribution in [0.4, 0.5) is 5.82 Å². The smallest absolute Gasteiger partial charge is 0.170 e. The van der Waals surface area contributed by atoms with Crippen LogP contribution < -0.4 is 4.90 Å². The Morgan fingerprint density at radius 3 is 2.47 bits per heavy atom. The number of nitrogens with zero attached hydrogens (tertiary/aromatic N) is 4. The van der Waals surface area contributed by atoms with Gasteiger partial charge >= 0.3 is 0 Å². The minimum absolute atomic E-state index is 0.415. The Morgan fingerprint density at radius 1 is 1.29 bits per heavy atom. The van der Waals surface area contributed by atoms with E-state index in [4.69, 9.17) is 6.42 Å². The van der Waals surface area contributed by atoms with Crippen LogP contribution >= 0.6 is 0 Å². The van der Waals surface area contributed by atoms with E-state index in [1.54, 1.807) is 4.90 Å². The molecule has 1 aromatic rings. The van der Waals surface area contributed by atoms with Gasteiger partial charge in [0.05, 0.1) is 12.2 Å². The standard InChI is InChI=1S/C13H16N4/c1-5-8-17(4)13-11(9-14)10(6-2)12(7-3)15-16-13/h1H,6-8H2,2-4H3. The third kappa shape index (κ3) is 2.54. The van der Waals surface area contributed by atoms with Gasteiger partial charge in [-0.25, -0.2) is 0 Å². The minimum Gasteiger partial charge on any atom is -0.346 e. The summed E-state index contributed by atoms with van der Waals surface area (Å²) in [6.07, 6.45) is 6.82. The van der Waals surface area contributed by atoms with Crippen LogP contribution in [0.5, 0.6) is 0 Å². The average Bonchev–Trinajstić information content (AvgIpc) is 2.36. The zero-order valence-corrected chi connectivity index (χ0v) is 10.5. The summed E-state index contributed by atoms with van der Waals surface area (Å²) >= 11 is 0. The molecule has 0 aliphatic rings. The van der Waals surface area contributed by atoms with Crippen LogP contribution in [-0.2, 0) is 12.8 Å². The maximum absolute atomic E-state index is 9.27. The molecule has 0 aliphatic heterocycles. The van der Waals surface area contributed by atoms with E-state index in [0.717, 1.165) is 24.1 Å². The van der Waals surface area contributed by atoms with Crippen molar-refractivity contribution < 1.29 is 0 Å². The van der Waals surface area contributed by atoms with E-state index in [1.807, 2.05) is 20.9 Å². The van der Waals surface area contributed by atoms with Gasteiger partial charge in [0.1, 0.15) is 11.6 Å². The van der Waals surface area contributed by atoms with Crippen molar-refractivity contribution >= 4 is 5.82 Å². The molecule has 88 valence electrons. The SMILES string of the molecule is C#CCN(C)c1nnc(CC)c(CC)c1C#N. The predicted octanol–water partition coefficient (Wildman–Crippen LogP) is 1.54. The highest BCUT2D eigenvalue weighted by Crippen LogP contribution is 2.22. The first-order valence-corrected chi connectivity index (χ1v) is 5.62. The van der Waals surface area contributed by atoms with Gasteiger partial charge < -0.3 is 4.90 Å². The topological polar surface area (TPSA) is 52.8 Å². The van der Waals surface area contributed by atoms with Crippen LogP contribution in [0.3, 0.4) is 0 Å². The number of nitriles is 1. The summed E-state index contributed by atoms with van der Waals surface area (Å²) in [6.45, 7) is 4.44. The lowest BCUT2D eigenvalue weighted by molar-refractivity contribution is 0.846. The summed E-state index contributed by atoms with van der Waals surface area (Å²) < 4.78 is 0. The van der Waals surface area contributed by atoms with E-state index in [1.165, 1.54) is 0 Å². The number of hydrogen-bond acceptors (Lipinski definition) is 4. The van der Waals surface area contributed by atoms with Gasteiger partial charge in [0.15, 0.2) is 5.82 Å². The van der Waals surface area contributed by atoms with Crippen LogP contribution in [0.15, 0.2) is 0 Å². The third-order valence-corrected chi connectivity index (χ3v) is 2.63. The molecule has 0 radical (unpaired) electrons. The molecule has 0 atom stereocenters. The van der Waals surface area contributed by atoms with Crippen molar-refractivity contribution in [3.8, 4) is 18.4 Å². The first-order valence-electron chi connectivity index (χ1n) is 5.62. The quantitative estimate of drug-likeness (QED) is 0.734. The lowest BCUT2D eigenvalue weighted by Crippen LogP contribution is -2.21. The van der Waals surface area contributed by atoms with Crippen LogP contribution in [0.1, 0.15) is 30.7 Å². The number of anilines is 1. The molecule has 0 aromatic carbocycles. The molecule has 0 fully saturated rings. The zero-order chi connectivity index (χ0) is 12.8. The molecule has 0 saturated heterocycles. The molecular weight excluding hydrogens is 212 g/mol. The molecule has 0 spiro atoms. The largest absolute Gasteiger partial charge is 0.346 e. The number of aromatic nitrogens is 2. The van der Waals surface area contributed by atoms with Crippen molar-refractivity contribution in [2.24, 2.45) is 0 Å². The van der Waals surface area contributed by atoms with E-state index >= 15 is 0 Å². The minimum atomic E-state index is 0.415. The van der Waals surface area contributed by atoms with E-state index in [0.29, 0.717) is 17.9 Å². The third-order valence-electron chi connectivity index (χ3n) is 2.63. The van der Waals surface area contributed by atoms with Gasteiger partial charge in [-0.3, -0.25) is 0 Å². The Labute approximate surface area is 102 Å². The van der Waals surface area contributed by atoms with Crippen molar-refractivity contribution in [1.29, 1.82) is 5.26 Å². The Balaban J connectivity index is 3.35. The van der Waals surface area contributed by atoms with Crippen LogP contribution in [0, 0.1) is 23.7 Å². The summed E-state index contributed by atoms with van der Waals surface area (Å²) in [5.74, 6) is 3.10. The molecule has 4 nitrogen and oxygen atoms in total. The maximum Gasteiger partial charge on any atom is 0.170 e. The molecule has 1 heterocycles. The van der Waals surface area contributed by atoms with Crippen molar-refractivity contribution in [2.75, 3.05) is 18.5 Å². The van der Waals surface area contributed by atoms with Crippen LogP contribution in [-0.4, -0.2) is 23.8 Å². The number of hydrogen-bond donors (Lipinski definition) is 0. The number of rotatable bonds is 4. The van der Waals surface area contributed by atoms with E-state index < -0.39 is 0 Å². The van der Waals surface area contributed by atoms with E-state index in [9.17, 15) is 5.26 Å². The van der Waals surface area contributed by atoms with E-state index in [2.05, 4.69) is 22.2 Å².